The van der Waals surface area contributed by atoms with Gasteiger partial charge in [-0.25, -0.2) is 0 Å². The van der Waals surface area contributed by atoms with Gasteiger partial charge in [0.15, 0.2) is 0 Å². The number of nitrogens with one attached hydrogen (secondary N) is 2. The maximum Gasteiger partial charge on any atom is 0.251 e. The molecule has 0 radical (unpaired) electrons. The van der Waals surface area contributed by atoms with Crippen LogP contribution < -0.4 is 10.6 Å². The number of benzene rings is 1. The van der Waals surface area contributed by atoms with E-state index >= 15 is 0 Å². The van der Waals surface area contributed by atoms with E-state index in [1.54, 1.807) is 0 Å². The Kier molecular flexibility index (Phi) is 3.88. The monoisotopic (exact) mass is 302 g/mol. The third-order valence-electron chi connectivity index (χ3n) is 4.01. The molecule has 22 heavy (non-hydrogen) atoms. The van der Waals surface area contributed by atoms with Crippen LogP contribution in [0.2, 0.25) is 0 Å². The minimum Gasteiger partial charge on any atom is -0.366 e. The van der Waals surface area contributed by atoms with Gasteiger partial charge in [-0.15, -0.1) is 0 Å². The van der Waals surface area contributed by atoms with Crippen LogP contribution in [0.1, 0.15) is 19.5 Å². The van der Waals surface area contributed by atoms with Crippen molar-refractivity contribution in [2.24, 2.45) is 7.05 Å². The fraction of sp³-hybridized carbons (Fsp3) is 0.500. The molecule has 0 bridgehead atoms. The molecule has 3 rings (SSSR count). The van der Waals surface area contributed by atoms with Crippen LogP contribution in [0.4, 0.5) is 0 Å². The second-order valence-electron chi connectivity index (χ2n) is 6.17. The van der Waals surface area contributed by atoms with Crippen molar-refractivity contribution < 1.29 is 9.53 Å². The third-order valence-corrected chi connectivity index (χ3v) is 4.01. The van der Waals surface area contributed by atoms with E-state index in [1.165, 1.54) is 0 Å². The predicted octanol–water partition coefficient (Wildman–Crippen LogP) is 0.913. The summed E-state index contributed by atoms with van der Waals surface area (Å²) in [7, 11) is 1.91. The number of nitrogens with zero attached hydrogens (tertiary/aromatic N) is 2. The number of hydrogen-bond acceptors (Lipinski definition) is 4. The Morgan fingerprint density at radius 1 is 1.45 bits per heavy atom. The average Bonchev–Trinajstić information content (AvgIpc) is 2.86. The molecule has 2 heterocycles. The molecule has 118 valence electrons. The fourth-order valence-electron chi connectivity index (χ4n) is 2.86. The van der Waals surface area contributed by atoms with Gasteiger partial charge in [-0.1, -0.05) is 18.2 Å². The van der Waals surface area contributed by atoms with Gasteiger partial charge in [-0.2, -0.15) is 5.10 Å². The van der Waals surface area contributed by atoms with Gasteiger partial charge in [-0.3, -0.25) is 9.48 Å². The molecule has 2 N–H and O–H groups in total. The molecule has 1 atom stereocenters. The second kappa shape index (κ2) is 5.70. The Balaban J connectivity index is 1.86. The Morgan fingerprint density at radius 3 is 2.95 bits per heavy atom. The molecule has 6 heteroatoms. The highest BCUT2D eigenvalue weighted by Crippen LogP contribution is 2.27. The van der Waals surface area contributed by atoms with Crippen molar-refractivity contribution in [1.29, 1.82) is 0 Å². The number of fused-ring (bicyclic) bond motifs is 1. The van der Waals surface area contributed by atoms with Crippen LogP contribution in [0, 0.1) is 0 Å². The van der Waals surface area contributed by atoms with Crippen LogP contribution >= 0.6 is 0 Å². The second-order valence-corrected chi connectivity index (χ2v) is 6.17. The van der Waals surface area contributed by atoms with E-state index in [1.807, 2.05) is 49.8 Å². The van der Waals surface area contributed by atoms with E-state index < -0.39 is 11.6 Å². The van der Waals surface area contributed by atoms with Crippen molar-refractivity contribution in [2.45, 2.75) is 25.5 Å². The molecule has 0 aliphatic carbocycles. The summed E-state index contributed by atoms with van der Waals surface area (Å²) in [5.74, 6) is -0.105. The molecule has 1 fully saturated rings. The van der Waals surface area contributed by atoms with Gasteiger partial charge in [0.25, 0.3) is 5.91 Å². The van der Waals surface area contributed by atoms with Crippen molar-refractivity contribution in [1.82, 2.24) is 20.4 Å². The average molecular weight is 302 g/mol. The standard InChI is InChI=1S/C16H22N4O2/c1-16(2,18-15(21)13-10-17-8-9-22-13)14-11-6-4-5-7-12(11)20(3)19-14/h4-7,13,17H,8-10H2,1-3H3,(H,18,21)/t13-/m0/s1. The summed E-state index contributed by atoms with van der Waals surface area (Å²) in [5, 5.41) is 11.9. The molecule has 1 amide bonds. The number of para-hydroxylation sites is 1. The van der Waals surface area contributed by atoms with Crippen molar-refractivity contribution >= 4 is 16.8 Å². The molecular weight excluding hydrogens is 280 g/mol. The van der Waals surface area contributed by atoms with Crippen LogP contribution in [0.15, 0.2) is 24.3 Å². The van der Waals surface area contributed by atoms with Crippen molar-refractivity contribution in [3.63, 3.8) is 0 Å². The largest absolute Gasteiger partial charge is 0.366 e. The van der Waals surface area contributed by atoms with Gasteiger partial charge in [0.05, 0.1) is 23.4 Å². The Morgan fingerprint density at radius 2 is 2.23 bits per heavy atom. The van der Waals surface area contributed by atoms with E-state index in [0.29, 0.717) is 13.2 Å². The molecule has 1 aromatic carbocycles. The topological polar surface area (TPSA) is 68.2 Å². The molecule has 0 spiro atoms. The Hall–Kier alpha value is -1.92. The van der Waals surface area contributed by atoms with E-state index in [4.69, 9.17) is 4.74 Å². The summed E-state index contributed by atoms with van der Waals surface area (Å²) >= 11 is 0. The van der Waals surface area contributed by atoms with Crippen molar-refractivity contribution in [3.05, 3.63) is 30.0 Å². The van der Waals surface area contributed by atoms with Crippen LogP contribution in [-0.4, -0.2) is 41.5 Å². The summed E-state index contributed by atoms with van der Waals surface area (Å²) < 4.78 is 7.36. The fourth-order valence-corrected chi connectivity index (χ4v) is 2.86. The van der Waals surface area contributed by atoms with Crippen LogP contribution in [0.25, 0.3) is 10.9 Å². The number of morpholine rings is 1. The molecule has 1 aromatic heterocycles. The zero-order chi connectivity index (χ0) is 15.7. The van der Waals surface area contributed by atoms with E-state index in [2.05, 4.69) is 15.7 Å². The van der Waals surface area contributed by atoms with Crippen LogP contribution in [-0.2, 0) is 22.1 Å². The molecule has 1 saturated heterocycles. The lowest BCUT2D eigenvalue weighted by Crippen LogP contribution is -2.52. The van der Waals surface area contributed by atoms with Gasteiger partial charge < -0.3 is 15.4 Å². The van der Waals surface area contributed by atoms with E-state index in [0.717, 1.165) is 23.1 Å². The smallest absolute Gasteiger partial charge is 0.251 e. The Bertz CT molecular complexity index is 687. The van der Waals surface area contributed by atoms with E-state index in [-0.39, 0.29) is 5.91 Å². The molecule has 1 aliphatic heterocycles. The molecule has 2 aromatic rings. The zero-order valence-corrected chi connectivity index (χ0v) is 13.2. The molecule has 6 nitrogen and oxygen atoms in total. The minimum atomic E-state index is -0.571. The number of amides is 1. The number of aryl methyl sites for hydroxylation is 1. The third kappa shape index (κ3) is 2.71. The van der Waals surface area contributed by atoms with Crippen LogP contribution in [0.5, 0.6) is 0 Å². The first-order valence-corrected chi connectivity index (χ1v) is 7.55. The minimum absolute atomic E-state index is 0.105. The van der Waals surface area contributed by atoms with Gasteiger partial charge in [0, 0.05) is 25.5 Å². The number of aromatic nitrogens is 2. The number of rotatable bonds is 3. The zero-order valence-electron chi connectivity index (χ0n) is 13.2. The lowest BCUT2D eigenvalue weighted by Gasteiger charge is -2.29. The lowest BCUT2D eigenvalue weighted by atomic mass is 9.97. The van der Waals surface area contributed by atoms with Gasteiger partial charge >= 0.3 is 0 Å². The summed E-state index contributed by atoms with van der Waals surface area (Å²) in [4.78, 5) is 12.4. The Labute approximate surface area is 129 Å². The first-order valence-electron chi connectivity index (χ1n) is 7.55. The highest BCUT2D eigenvalue weighted by Gasteiger charge is 2.32. The number of carbonyl (C=O) groups is 1. The number of hydrogen-bond donors (Lipinski definition) is 2. The summed E-state index contributed by atoms with van der Waals surface area (Å²) in [6, 6.07) is 8.03. The molecule has 1 aliphatic rings. The number of carbonyl (C=O) groups excluding carboxylic acids is 1. The summed E-state index contributed by atoms with van der Waals surface area (Å²) in [6.45, 7) is 5.83. The first-order chi connectivity index (χ1) is 10.5. The molecule has 0 saturated carbocycles. The normalized spacial score (nSPS) is 19.3. The van der Waals surface area contributed by atoms with Gasteiger partial charge in [0.1, 0.15) is 6.10 Å². The first kappa shape index (κ1) is 15.0. The highest BCUT2D eigenvalue weighted by atomic mass is 16.5. The quantitative estimate of drug-likeness (QED) is 0.884. The van der Waals surface area contributed by atoms with E-state index in [9.17, 15) is 4.79 Å². The molecule has 0 unspecified atom stereocenters. The predicted molar refractivity (Wildman–Crippen MR) is 84.5 cm³/mol. The SMILES string of the molecule is Cn1nc(C(C)(C)NC(=O)[C@@H]2CNCCO2)c2ccccc21. The maximum absolute atomic E-state index is 12.4. The molecular formula is C16H22N4O2. The van der Waals surface area contributed by atoms with Crippen LogP contribution in [0.3, 0.4) is 0 Å². The van der Waals surface area contributed by atoms with Gasteiger partial charge in [0.2, 0.25) is 0 Å². The number of ether oxygens (including phenoxy) is 1. The van der Waals surface area contributed by atoms with Gasteiger partial charge in [-0.05, 0) is 19.9 Å². The lowest BCUT2D eigenvalue weighted by molar-refractivity contribution is -0.136. The van der Waals surface area contributed by atoms with Crippen molar-refractivity contribution in [2.75, 3.05) is 19.7 Å². The maximum atomic E-state index is 12.4. The summed E-state index contributed by atoms with van der Waals surface area (Å²) in [6.07, 6.45) is -0.442. The summed E-state index contributed by atoms with van der Waals surface area (Å²) in [5.41, 5.74) is 1.34. The van der Waals surface area contributed by atoms with Crippen molar-refractivity contribution in [3.8, 4) is 0 Å². The highest BCUT2D eigenvalue weighted by molar-refractivity contribution is 5.85.